The summed E-state index contributed by atoms with van der Waals surface area (Å²) in [6.45, 7) is 6.80. The lowest BCUT2D eigenvalue weighted by Gasteiger charge is -2.20. The highest BCUT2D eigenvalue weighted by Crippen LogP contribution is 2.30. The van der Waals surface area contributed by atoms with Gasteiger partial charge in [0.15, 0.2) is 0 Å². The van der Waals surface area contributed by atoms with E-state index in [4.69, 9.17) is 5.73 Å². The zero-order valence-electron chi connectivity index (χ0n) is 12.9. The number of nitrogens with two attached hydrogens (primary N) is 1. The largest absolute Gasteiger partial charge is 0.391 e. The van der Waals surface area contributed by atoms with Crippen LogP contribution >= 0.6 is 11.3 Å². The first-order chi connectivity index (χ1) is 10.1. The van der Waals surface area contributed by atoms with Gasteiger partial charge in [-0.2, -0.15) is 4.98 Å². The molecule has 0 amide bonds. The van der Waals surface area contributed by atoms with Crippen LogP contribution in [-0.4, -0.2) is 27.7 Å². The monoisotopic (exact) mass is 308 g/mol. The highest BCUT2D eigenvalue weighted by Gasteiger charge is 2.17. The molecule has 1 unspecified atom stereocenters. The van der Waals surface area contributed by atoms with E-state index in [9.17, 15) is 5.11 Å². The number of aryl methyl sites for hydroxylation is 1. The summed E-state index contributed by atoms with van der Waals surface area (Å²) in [5.74, 6) is 1.30. The average Bonchev–Trinajstić information content (AvgIpc) is 2.88. The lowest BCUT2D eigenvalue weighted by Crippen LogP contribution is -2.28. The fourth-order valence-corrected chi connectivity index (χ4v) is 3.47. The van der Waals surface area contributed by atoms with E-state index in [-0.39, 0.29) is 12.1 Å². The first-order valence-corrected chi connectivity index (χ1v) is 8.38. The SMILES string of the molecule is CCc1cc2c(NCC(O)C(CC)CC)nc(N)nc2s1. The van der Waals surface area contributed by atoms with Crippen molar-refractivity contribution in [3.05, 3.63) is 10.9 Å². The number of hydrogen-bond acceptors (Lipinski definition) is 6. The molecule has 0 aliphatic heterocycles. The van der Waals surface area contributed by atoms with Gasteiger partial charge in [0.05, 0.1) is 11.5 Å². The summed E-state index contributed by atoms with van der Waals surface area (Å²) in [5.41, 5.74) is 5.78. The summed E-state index contributed by atoms with van der Waals surface area (Å²) in [6, 6.07) is 2.10. The van der Waals surface area contributed by atoms with Crippen molar-refractivity contribution in [1.82, 2.24) is 9.97 Å². The Kier molecular flexibility index (Phi) is 5.36. The summed E-state index contributed by atoms with van der Waals surface area (Å²) in [4.78, 5) is 10.7. The minimum atomic E-state index is -0.379. The Hall–Kier alpha value is -1.40. The molecule has 2 aromatic heterocycles. The second-order valence-corrected chi connectivity index (χ2v) is 6.36. The van der Waals surface area contributed by atoms with Gasteiger partial charge in [0.25, 0.3) is 0 Å². The number of nitrogens with zero attached hydrogens (tertiary/aromatic N) is 2. The Labute approximate surface area is 129 Å². The molecule has 116 valence electrons. The van der Waals surface area contributed by atoms with Crippen molar-refractivity contribution in [2.45, 2.75) is 46.1 Å². The normalized spacial score (nSPS) is 13.0. The number of anilines is 2. The Balaban J connectivity index is 2.19. The van der Waals surface area contributed by atoms with E-state index < -0.39 is 0 Å². The van der Waals surface area contributed by atoms with E-state index >= 15 is 0 Å². The molecule has 1 atom stereocenters. The van der Waals surface area contributed by atoms with Crippen molar-refractivity contribution in [3.63, 3.8) is 0 Å². The van der Waals surface area contributed by atoms with Gasteiger partial charge in [-0.25, -0.2) is 4.98 Å². The van der Waals surface area contributed by atoms with Crippen LogP contribution in [0.3, 0.4) is 0 Å². The number of aliphatic hydroxyl groups excluding tert-OH is 1. The maximum atomic E-state index is 10.2. The molecule has 0 saturated carbocycles. The van der Waals surface area contributed by atoms with Crippen LogP contribution in [0.25, 0.3) is 10.2 Å². The molecule has 2 rings (SSSR count). The Morgan fingerprint density at radius 1 is 1.29 bits per heavy atom. The molecule has 2 heterocycles. The van der Waals surface area contributed by atoms with E-state index in [0.717, 1.165) is 35.3 Å². The second kappa shape index (κ2) is 7.04. The second-order valence-electron chi connectivity index (χ2n) is 5.24. The topological polar surface area (TPSA) is 84.1 Å². The third kappa shape index (κ3) is 3.63. The summed E-state index contributed by atoms with van der Waals surface area (Å²) < 4.78 is 0. The Morgan fingerprint density at radius 3 is 2.62 bits per heavy atom. The van der Waals surface area contributed by atoms with Gasteiger partial charge in [0, 0.05) is 11.4 Å². The predicted octanol–water partition coefficient (Wildman–Crippen LogP) is 3.04. The van der Waals surface area contributed by atoms with Crippen LogP contribution in [0.4, 0.5) is 11.8 Å². The number of fused-ring (bicyclic) bond motifs is 1. The number of nitrogen functional groups attached to an aromatic ring is 1. The van der Waals surface area contributed by atoms with Crippen molar-refractivity contribution >= 4 is 33.3 Å². The third-order valence-corrected chi connectivity index (χ3v) is 5.05. The van der Waals surface area contributed by atoms with Crippen LogP contribution < -0.4 is 11.1 Å². The molecule has 21 heavy (non-hydrogen) atoms. The van der Waals surface area contributed by atoms with E-state index in [2.05, 4.69) is 42.1 Å². The summed E-state index contributed by atoms with van der Waals surface area (Å²) in [5, 5.41) is 14.5. The fraction of sp³-hybridized carbons (Fsp3) is 0.600. The van der Waals surface area contributed by atoms with Crippen LogP contribution in [0.15, 0.2) is 6.07 Å². The standard InChI is InChI=1S/C15H24N4OS/c1-4-9(5-2)12(20)8-17-13-11-7-10(6-3)21-14(11)19-15(16)18-13/h7,9,12,20H,4-6,8H2,1-3H3,(H3,16,17,18,19). The maximum absolute atomic E-state index is 10.2. The highest BCUT2D eigenvalue weighted by atomic mass is 32.1. The van der Waals surface area contributed by atoms with Gasteiger partial charge in [-0.1, -0.05) is 33.6 Å². The number of thiophene rings is 1. The molecular formula is C15H24N4OS. The number of nitrogens with one attached hydrogen (secondary N) is 1. The maximum Gasteiger partial charge on any atom is 0.223 e. The molecule has 0 spiro atoms. The Bertz CT molecular complexity index is 595. The van der Waals surface area contributed by atoms with Gasteiger partial charge >= 0.3 is 0 Å². The van der Waals surface area contributed by atoms with E-state index in [1.54, 1.807) is 11.3 Å². The number of aliphatic hydroxyl groups is 1. The third-order valence-electron chi connectivity index (χ3n) is 3.88. The number of rotatable bonds is 7. The molecule has 0 saturated heterocycles. The number of aromatic nitrogens is 2. The lowest BCUT2D eigenvalue weighted by atomic mass is 9.96. The molecule has 5 nitrogen and oxygen atoms in total. The van der Waals surface area contributed by atoms with Gasteiger partial charge in [-0.15, -0.1) is 11.3 Å². The van der Waals surface area contributed by atoms with Crippen LogP contribution in [0, 0.1) is 5.92 Å². The van der Waals surface area contributed by atoms with Crippen molar-refractivity contribution in [2.75, 3.05) is 17.6 Å². The Morgan fingerprint density at radius 2 is 2.00 bits per heavy atom. The molecule has 6 heteroatoms. The zero-order chi connectivity index (χ0) is 15.4. The fourth-order valence-electron chi connectivity index (χ4n) is 2.50. The molecule has 0 aromatic carbocycles. The van der Waals surface area contributed by atoms with E-state index in [1.807, 2.05) is 0 Å². The summed E-state index contributed by atoms with van der Waals surface area (Å²) >= 11 is 1.64. The molecule has 2 aromatic rings. The van der Waals surface area contributed by atoms with Gasteiger partial charge in [-0.3, -0.25) is 0 Å². The van der Waals surface area contributed by atoms with Crippen LogP contribution in [0.1, 0.15) is 38.5 Å². The first-order valence-electron chi connectivity index (χ1n) is 7.56. The zero-order valence-corrected chi connectivity index (χ0v) is 13.7. The lowest BCUT2D eigenvalue weighted by molar-refractivity contribution is 0.114. The van der Waals surface area contributed by atoms with Gasteiger partial charge in [0.1, 0.15) is 10.6 Å². The quantitative estimate of drug-likeness (QED) is 0.732. The van der Waals surface area contributed by atoms with E-state index in [1.165, 1.54) is 4.88 Å². The van der Waals surface area contributed by atoms with Crippen molar-refractivity contribution < 1.29 is 5.11 Å². The molecular weight excluding hydrogens is 284 g/mol. The van der Waals surface area contributed by atoms with Crippen LogP contribution in [-0.2, 0) is 6.42 Å². The van der Waals surface area contributed by atoms with Gasteiger partial charge in [-0.05, 0) is 18.4 Å². The van der Waals surface area contributed by atoms with Crippen LogP contribution in [0.2, 0.25) is 0 Å². The van der Waals surface area contributed by atoms with Crippen molar-refractivity contribution in [1.29, 1.82) is 0 Å². The van der Waals surface area contributed by atoms with Crippen LogP contribution in [0.5, 0.6) is 0 Å². The summed E-state index contributed by atoms with van der Waals surface area (Å²) in [6.07, 6.45) is 2.53. The highest BCUT2D eigenvalue weighted by molar-refractivity contribution is 7.18. The average molecular weight is 308 g/mol. The van der Waals surface area contributed by atoms with Gasteiger partial charge < -0.3 is 16.2 Å². The molecule has 0 aliphatic carbocycles. The minimum absolute atomic E-state index is 0.270. The van der Waals surface area contributed by atoms with Crippen molar-refractivity contribution in [2.24, 2.45) is 5.92 Å². The van der Waals surface area contributed by atoms with E-state index in [0.29, 0.717) is 12.5 Å². The van der Waals surface area contributed by atoms with Crippen molar-refractivity contribution in [3.8, 4) is 0 Å². The summed E-state index contributed by atoms with van der Waals surface area (Å²) in [7, 11) is 0. The smallest absolute Gasteiger partial charge is 0.223 e. The molecule has 0 aliphatic rings. The molecule has 0 fully saturated rings. The first kappa shape index (κ1) is 16.0. The van der Waals surface area contributed by atoms with Gasteiger partial charge in [0.2, 0.25) is 5.95 Å². The molecule has 0 bridgehead atoms. The number of hydrogen-bond donors (Lipinski definition) is 3. The molecule has 4 N–H and O–H groups in total. The molecule has 0 radical (unpaired) electrons. The predicted molar refractivity (Wildman–Crippen MR) is 89.8 cm³/mol. The minimum Gasteiger partial charge on any atom is -0.391 e.